The van der Waals surface area contributed by atoms with Crippen molar-refractivity contribution in [1.29, 1.82) is 0 Å². The Bertz CT molecular complexity index is 780. The summed E-state index contributed by atoms with van der Waals surface area (Å²) in [6.07, 6.45) is 1.73. The number of hydrogen-bond acceptors (Lipinski definition) is 3. The number of nitrogens with zero attached hydrogens (tertiary/aromatic N) is 4. The van der Waals surface area contributed by atoms with E-state index in [1.54, 1.807) is 6.20 Å². The van der Waals surface area contributed by atoms with Gasteiger partial charge in [0, 0.05) is 17.5 Å². The second kappa shape index (κ2) is 5.04. The van der Waals surface area contributed by atoms with E-state index in [1.807, 2.05) is 42.7 Å². The molecule has 102 valence electrons. The lowest BCUT2D eigenvalue weighted by Gasteiger charge is -2.12. The second-order valence-electron chi connectivity index (χ2n) is 4.78. The Hall–Kier alpha value is -1.65. The molecule has 0 atom stereocenters. The number of rotatable bonds is 2. The fourth-order valence-electron chi connectivity index (χ4n) is 2.18. The van der Waals surface area contributed by atoms with Gasteiger partial charge < -0.3 is 0 Å². The third-order valence-corrected chi connectivity index (χ3v) is 3.68. The Morgan fingerprint density at radius 3 is 2.65 bits per heavy atom. The first-order chi connectivity index (χ1) is 9.59. The second-order valence-corrected chi connectivity index (χ2v) is 5.53. The van der Waals surface area contributed by atoms with Gasteiger partial charge in [0.25, 0.3) is 0 Å². The molecule has 0 amide bonds. The monoisotopic (exact) mass is 306 g/mol. The molecule has 0 fully saturated rings. The normalized spacial score (nSPS) is 11.4. The van der Waals surface area contributed by atoms with Crippen molar-refractivity contribution >= 4 is 34.1 Å². The molecule has 6 heteroatoms. The quantitative estimate of drug-likeness (QED) is 0.711. The summed E-state index contributed by atoms with van der Waals surface area (Å²) >= 11 is 12.4. The highest BCUT2D eigenvalue weighted by atomic mass is 35.5. The highest BCUT2D eigenvalue weighted by molar-refractivity contribution is 6.35. The van der Waals surface area contributed by atoms with Crippen molar-refractivity contribution in [3.8, 4) is 5.69 Å². The van der Waals surface area contributed by atoms with Gasteiger partial charge in [0.1, 0.15) is 5.82 Å². The molecule has 0 spiro atoms. The van der Waals surface area contributed by atoms with Crippen LogP contribution in [0.2, 0.25) is 10.3 Å². The average Bonchev–Trinajstić information content (AvgIpc) is 2.82. The van der Waals surface area contributed by atoms with Crippen LogP contribution in [0.3, 0.4) is 0 Å². The van der Waals surface area contributed by atoms with Crippen LogP contribution >= 0.6 is 23.2 Å². The van der Waals surface area contributed by atoms with E-state index in [-0.39, 0.29) is 5.92 Å². The number of benzene rings is 1. The summed E-state index contributed by atoms with van der Waals surface area (Å²) < 4.78 is 1.82. The molecule has 3 aromatic rings. The molecule has 0 unspecified atom stereocenters. The maximum absolute atomic E-state index is 6.22. The third kappa shape index (κ3) is 2.05. The lowest BCUT2D eigenvalue weighted by Crippen LogP contribution is -2.04. The van der Waals surface area contributed by atoms with Gasteiger partial charge in [-0.05, 0) is 35.9 Å². The van der Waals surface area contributed by atoms with Crippen molar-refractivity contribution in [2.45, 2.75) is 19.8 Å². The van der Waals surface area contributed by atoms with Gasteiger partial charge in [-0.3, -0.25) is 9.55 Å². The summed E-state index contributed by atoms with van der Waals surface area (Å²) in [7, 11) is 0. The fourth-order valence-corrected chi connectivity index (χ4v) is 2.61. The lowest BCUT2D eigenvalue weighted by atomic mass is 10.1. The van der Waals surface area contributed by atoms with Gasteiger partial charge in [-0.25, -0.2) is 0 Å². The Balaban J connectivity index is 2.36. The minimum atomic E-state index is 0.199. The van der Waals surface area contributed by atoms with Gasteiger partial charge in [0.05, 0.1) is 16.2 Å². The molecule has 0 aliphatic rings. The largest absolute Gasteiger partial charge is 0.267 e. The SMILES string of the molecule is CC(C)c1nnc(Cl)n1-c1ccc(Cl)c2cccnc12. The van der Waals surface area contributed by atoms with E-state index >= 15 is 0 Å². The van der Waals surface area contributed by atoms with Gasteiger partial charge in [0.2, 0.25) is 5.28 Å². The van der Waals surface area contributed by atoms with Crippen molar-refractivity contribution in [3.63, 3.8) is 0 Å². The zero-order chi connectivity index (χ0) is 14.3. The van der Waals surface area contributed by atoms with E-state index in [1.165, 1.54) is 0 Å². The Labute approximate surface area is 126 Å². The molecule has 0 saturated carbocycles. The molecule has 0 saturated heterocycles. The lowest BCUT2D eigenvalue weighted by molar-refractivity contribution is 0.747. The van der Waals surface area contributed by atoms with Crippen LogP contribution in [-0.4, -0.2) is 19.7 Å². The van der Waals surface area contributed by atoms with Crippen LogP contribution in [-0.2, 0) is 0 Å². The zero-order valence-corrected chi connectivity index (χ0v) is 12.5. The zero-order valence-electron chi connectivity index (χ0n) is 11.0. The molecule has 0 bridgehead atoms. The summed E-state index contributed by atoms with van der Waals surface area (Å²) in [4.78, 5) is 4.42. The van der Waals surface area contributed by atoms with Gasteiger partial charge in [-0.15, -0.1) is 10.2 Å². The molecule has 0 N–H and O–H groups in total. The molecule has 3 rings (SSSR count). The van der Waals surface area contributed by atoms with Crippen molar-refractivity contribution in [2.75, 3.05) is 0 Å². The van der Waals surface area contributed by atoms with Crippen LogP contribution in [0.15, 0.2) is 30.5 Å². The van der Waals surface area contributed by atoms with Crippen LogP contribution in [0, 0.1) is 0 Å². The molecule has 0 aliphatic heterocycles. The number of hydrogen-bond donors (Lipinski definition) is 0. The van der Waals surface area contributed by atoms with Gasteiger partial charge >= 0.3 is 0 Å². The number of aromatic nitrogens is 4. The van der Waals surface area contributed by atoms with Crippen molar-refractivity contribution < 1.29 is 0 Å². The van der Waals surface area contributed by atoms with E-state index in [4.69, 9.17) is 23.2 Å². The van der Waals surface area contributed by atoms with Crippen molar-refractivity contribution in [2.24, 2.45) is 0 Å². The minimum absolute atomic E-state index is 0.199. The van der Waals surface area contributed by atoms with Crippen LogP contribution < -0.4 is 0 Å². The van der Waals surface area contributed by atoms with E-state index in [0.717, 1.165) is 22.4 Å². The van der Waals surface area contributed by atoms with Crippen molar-refractivity contribution in [3.05, 3.63) is 46.6 Å². The van der Waals surface area contributed by atoms with Gasteiger partial charge in [-0.1, -0.05) is 25.4 Å². The summed E-state index contributed by atoms with van der Waals surface area (Å²) in [5.74, 6) is 0.994. The van der Waals surface area contributed by atoms with Crippen LogP contribution in [0.25, 0.3) is 16.6 Å². The molecule has 4 nitrogen and oxygen atoms in total. The maximum atomic E-state index is 6.22. The maximum Gasteiger partial charge on any atom is 0.229 e. The predicted molar refractivity (Wildman–Crippen MR) is 80.8 cm³/mol. The Kier molecular flexibility index (Phi) is 3.36. The van der Waals surface area contributed by atoms with Crippen LogP contribution in [0.1, 0.15) is 25.6 Å². The number of fused-ring (bicyclic) bond motifs is 1. The average molecular weight is 307 g/mol. The van der Waals surface area contributed by atoms with Crippen LogP contribution in [0.4, 0.5) is 0 Å². The summed E-state index contributed by atoms with van der Waals surface area (Å²) in [6.45, 7) is 4.09. The fraction of sp³-hybridized carbons (Fsp3) is 0.214. The van der Waals surface area contributed by atoms with Crippen LogP contribution in [0.5, 0.6) is 0 Å². The highest BCUT2D eigenvalue weighted by Crippen LogP contribution is 2.30. The molecule has 2 aromatic heterocycles. The molecule has 0 aliphatic carbocycles. The minimum Gasteiger partial charge on any atom is -0.267 e. The molecule has 20 heavy (non-hydrogen) atoms. The summed E-state index contributed by atoms with van der Waals surface area (Å²) in [5, 5.41) is 9.96. The first-order valence-electron chi connectivity index (χ1n) is 6.24. The summed E-state index contributed by atoms with van der Waals surface area (Å²) in [5.41, 5.74) is 1.62. The molecule has 1 aromatic carbocycles. The highest BCUT2D eigenvalue weighted by Gasteiger charge is 2.18. The smallest absolute Gasteiger partial charge is 0.229 e. The predicted octanol–water partition coefficient (Wildman–Crippen LogP) is 4.25. The topological polar surface area (TPSA) is 43.6 Å². The first kappa shape index (κ1) is 13.3. The Morgan fingerprint density at radius 2 is 1.90 bits per heavy atom. The third-order valence-electron chi connectivity index (χ3n) is 3.10. The standard InChI is InChI=1S/C14H12Cl2N4/c1-8(2)13-18-19-14(16)20(13)11-6-5-10(15)9-4-3-7-17-12(9)11/h3-8H,1-2H3. The summed E-state index contributed by atoms with van der Waals surface area (Å²) in [6, 6.07) is 7.51. The van der Waals surface area contributed by atoms with Gasteiger partial charge in [-0.2, -0.15) is 0 Å². The molecular weight excluding hydrogens is 295 g/mol. The first-order valence-corrected chi connectivity index (χ1v) is 6.99. The van der Waals surface area contributed by atoms with E-state index in [0.29, 0.717) is 10.3 Å². The van der Waals surface area contributed by atoms with E-state index in [2.05, 4.69) is 15.2 Å². The van der Waals surface area contributed by atoms with E-state index < -0.39 is 0 Å². The Morgan fingerprint density at radius 1 is 1.10 bits per heavy atom. The van der Waals surface area contributed by atoms with Gasteiger partial charge in [0.15, 0.2) is 0 Å². The number of halogens is 2. The molecule has 0 radical (unpaired) electrons. The van der Waals surface area contributed by atoms with E-state index in [9.17, 15) is 0 Å². The van der Waals surface area contributed by atoms with Crippen molar-refractivity contribution in [1.82, 2.24) is 19.7 Å². The molecule has 2 heterocycles. The molecular formula is C14H12Cl2N4. The number of pyridine rings is 1.